The van der Waals surface area contributed by atoms with Gasteiger partial charge in [0, 0.05) is 0 Å². The molecule has 0 radical (unpaired) electrons. The summed E-state index contributed by atoms with van der Waals surface area (Å²) in [4.78, 5) is 12.6. The van der Waals surface area contributed by atoms with Gasteiger partial charge in [0.05, 0.1) is 18.6 Å². The molecule has 26 heavy (non-hydrogen) atoms. The van der Waals surface area contributed by atoms with Gasteiger partial charge in [0.1, 0.15) is 0 Å². The molecule has 0 aromatic rings. The first-order valence-electron chi connectivity index (χ1n) is 9.64. The van der Waals surface area contributed by atoms with Crippen molar-refractivity contribution in [1.29, 1.82) is 0 Å². The van der Waals surface area contributed by atoms with E-state index in [-0.39, 0.29) is 17.1 Å². The third-order valence-electron chi connectivity index (χ3n) is 5.88. The summed E-state index contributed by atoms with van der Waals surface area (Å²) in [6, 6.07) is 0. The molecule has 0 aromatic heterocycles. The van der Waals surface area contributed by atoms with Crippen LogP contribution in [0.5, 0.6) is 0 Å². The van der Waals surface area contributed by atoms with Crippen molar-refractivity contribution < 1.29 is 14.0 Å². The van der Waals surface area contributed by atoms with Crippen LogP contribution in [0.1, 0.15) is 54.4 Å². The second kappa shape index (κ2) is 8.70. The van der Waals surface area contributed by atoms with Gasteiger partial charge in [-0.1, -0.05) is 63.6 Å². The molecule has 1 rings (SSSR count). The normalized spacial score (nSPS) is 25.7. The highest BCUT2D eigenvalue weighted by Gasteiger charge is 2.47. The maximum Gasteiger partial charge on any atom is 0.315 e. The van der Waals surface area contributed by atoms with Gasteiger partial charge in [0.25, 0.3) is 0 Å². The molecule has 0 saturated carbocycles. The molecule has 0 N–H and O–H groups in total. The molecule has 4 heteroatoms. The quantitative estimate of drug-likeness (QED) is 0.234. The van der Waals surface area contributed by atoms with Crippen LogP contribution in [0.25, 0.3) is 0 Å². The van der Waals surface area contributed by atoms with Crippen molar-refractivity contribution in [2.45, 2.75) is 78.6 Å². The topological polar surface area (TPSA) is 35.5 Å². The van der Waals surface area contributed by atoms with E-state index in [0.717, 1.165) is 12.0 Å². The Hall–Kier alpha value is -1.13. The zero-order valence-electron chi connectivity index (χ0n) is 18.2. The summed E-state index contributed by atoms with van der Waals surface area (Å²) < 4.78 is 11.7. The molecule has 0 amide bonds. The van der Waals surface area contributed by atoms with E-state index < -0.39 is 13.7 Å². The van der Waals surface area contributed by atoms with E-state index in [1.807, 2.05) is 26.0 Å². The lowest BCUT2D eigenvalue weighted by molar-refractivity contribution is -0.150. The predicted molar refractivity (Wildman–Crippen MR) is 113 cm³/mol. The van der Waals surface area contributed by atoms with Crippen LogP contribution in [0, 0.1) is 11.3 Å². The van der Waals surface area contributed by atoms with Crippen LogP contribution < -0.4 is 0 Å². The first kappa shape index (κ1) is 22.9. The van der Waals surface area contributed by atoms with E-state index in [0.29, 0.717) is 12.3 Å². The molecule has 0 spiro atoms. The standard InChI is InChI=1S/C22H38O3Si/c1-10-11-12-13-17(2)14-18-15-19(16-22(18,6)20(23)24-7)25-26(8,9)21(3,4)5/h10-13,15,17,19H,14,16H2,1-9H3/b11-10+,13-12-/t17-,19+,22+/m1/s1. The summed E-state index contributed by atoms with van der Waals surface area (Å²) in [6.07, 6.45) is 12.0. The number of allylic oxidation sites excluding steroid dienone is 4. The van der Waals surface area contributed by atoms with Crippen molar-refractivity contribution >= 4 is 14.3 Å². The minimum absolute atomic E-state index is 0.0123. The fourth-order valence-corrected chi connectivity index (χ4v) is 4.41. The lowest BCUT2D eigenvalue weighted by Crippen LogP contribution is -2.44. The molecule has 0 heterocycles. The number of hydrogen-bond acceptors (Lipinski definition) is 3. The fourth-order valence-electron chi connectivity index (χ4n) is 3.14. The Bertz CT molecular complexity index is 581. The second-order valence-electron chi connectivity index (χ2n) is 9.23. The molecule has 0 unspecified atom stereocenters. The van der Waals surface area contributed by atoms with Gasteiger partial charge in [-0.2, -0.15) is 0 Å². The van der Waals surface area contributed by atoms with Crippen LogP contribution in [0.2, 0.25) is 18.1 Å². The van der Waals surface area contributed by atoms with Crippen LogP contribution in [0.3, 0.4) is 0 Å². The largest absolute Gasteiger partial charge is 0.468 e. The van der Waals surface area contributed by atoms with Crippen molar-refractivity contribution in [2.24, 2.45) is 11.3 Å². The molecule has 3 nitrogen and oxygen atoms in total. The minimum Gasteiger partial charge on any atom is -0.468 e. The summed E-state index contributed by atoms with van der Waals surface area (Å²) in [7, 11) is -0.418. The molecular formula is C22H38O3Si. The summed E-state index contributed by atoms with van der Waals surface area (Å²) in [6.45, 7) is 17.4. The average Bonchev–Trinajstić information content (AvgIpc) is 2.81. The van der Waals surface area contributed by atoms with Crippen molar-refractivity contribution in [3.05, 3.63) is 36.0 Å². The van der Waals surface area contributed by atoms with Crippen molar-refractivity contribution in [3.8, 4) is 0 Å². The SMILES string of the molecule is C/C=C/C=C\[C@@H](C)CC1=C[C@H](O[Si](C)(C)C(C)(C)C)C[C@]1(C)C(=O)OC. The number of esters is 1. The zero-order chi connectivity index (χ0) is 20.2. The van der Waals surface area contributed by atoms with Gasteiger partial charge < -0.3 is 9.16 Å². The Balaban J connectivity index is 3.05. The molecular weight excluding hydrogens is 340 g/mol. The Labute approximate surface area is 161 Å². The van der Waals surface area contributed by atoms with E-state index in [1.165, 1.54) is 7.11 Å². The zero-order valence-corrected chi connectivity index (χ0v) is 19.2. The Morgan fingerprint density at radius 1 is 1.38 bits per heavy atom. The van der Waals surface area contributed by atoms with Gasteiger partial charge in [0.2, 0.25) is 0 Å². The van der Waals surface area contributed by atoms with E-state index in [1.54, 1.807) is 0 Å². The number of rotatable bonds is 7. The Kier molecular flexibility index (Phi) is 7.67. The summed E-state index contributed by atoms with van der Waals surface area (Å²) in [5.74, 6) is 0.197. The Morgan fingerprint density at radius 3 is 2.50 bits per heavy atom. The van der Waals surface area contributed by atoms with Crippen molar-refractivity contribution in [1.82, 2.24) is 0 Å². The van der Waals surface area contributed by atoms with E-state index in [4.69, 9.17) is 9.16 Å². The molecule has 0 fully saturated rings. The highest BCUT2D eigenvalue weighted by molar-refractivity contribution is 6.74. The summed E-state index contributed by atoms with van der Waals surface area (Å²) >= 11 is 0. The summed E-state index contributed by atoms with van der Waals surface area (Å²) in [5.41, 5.74) is 0.551. The van der Waals surface area contributed by atoms with Crippen molar-refractivity contribution in [2.75, 3.05) is 7.11 Å². The summed E-state index contributed by atoms with van der Waals surface area (Å²) in [5, 5.41) is 0.147. The Morgan fingerprint density at radius 2 is 2.00 bits per heavy atom. The fraction of sp³-hybridized carbons (Fsp3) is 0.682. The lowest BCUT2D eigenvalue weighted by Gasteiger charge is -2.38. The first-order valence-corrected chi connectivity index (χ1v) is 12.5. The van der Waals surface area contributed by atoms with Crippen LogP contribution in [0.15, 0.2) is 36.0 Å². The van der Waals surface area contributed by atoms with Crippen LogP contribution in [-0.2, 0) is 14.0 Å². The molecule has 148 valence electrons. The van der Waals surface area contributed by atoms with Crippen molar-refractivity contribution in [3.63, 3.8) is 0 Å². The number of methoxy groups -OCH3 is 1. The van der Waals surface area contributed by atoms with Crippen LogP contribution >= 0.6 is 0 Å². The van der Waals surface area contributed by atoms with E-state index in [2.05, 4.69) is 59.0 Å². The number of ether oxygens (including phenoxy) is 1. The van der Waals surface area contributed by atoms with Crippen LogP contribution in [0.4, 0.5) is 0 Å². The second-order valence-corrected chi connectivity index (χ2v) is 14.0. The van der Waals surface area contributed by atoms with E-state index >= 15 is 0 Å². The van der Waals surface area contributed by atoms with Crippen LogP contribution in [-0.4, -0.2) is 27.5 Å². The average molecular weight is 379 g/mol. The highest BCUT2D eigenvalue weighted by Crippen LogP contribution is 2.46. The van der Waals surface area contributed by atoms with Gasteiger partial charge in [-0.15, -0.1) is 0 Å². The van der Waals surface area contributed by atoms with Gasteiger partial charge in [0.15, 0.2) is 8.32 Å². The molecule has 0 aromatic carbocycles. The molecule has 1 aliphatic carbocycles. The molecule has 3 atom stereocenters. The highest BCUT2D eigenvalue weighted by atomic mass is 28.4. The monoisotopic (exact) mass is 378 g/mol. The predicted octanol–water partition coefficient (Wildman–Crippen LogP) is 6.04. The number of carbonyl (C=O) groups is 1. The lowest BCUT2D eigenvalue weighted by atomic mass is 9.79. The molecule has 0 aliphatic heterocycles. The third-order valence-corrected chi connectivity index (χ3v) is 10.4. The number of hydrogen-bond donors (Lipinski definition) is 0. The van der Waals surface area contributed by atoms with Gasteiger partial charge in [-0.3, -0.25) is 4.79 Å². The molecule has 0 saturated heterocycles. The minimum atomic E-state index is -1.89. The molecule has 1 aliphatic rings. The van der Waals surface area contributed by atoms with E-state index in [9.17, 15) is 4.79 Å². The van der Waals surface area contributed by atoms with Gasteiger partial charge in [-0.05, 0) is 50.7 Å². The third kappa shape index (κ3) is 5.43. The van der Waals surface area contributed by atoms with Gasteiger partial charge >= 0.3 is 5.97 Å². The maximum absolute atomic E-state index is 12.6. The molecule has 0 bridgehead atoms. The smallest absolute Gasteiger partial charge is 0.315 e. The van der Waals surface area contributed by atoms with Gasteiger partial charge in [-0.25, -0.2) is 0 Å². The number of carbonyl (C=O) groups excluding carboxylic acids is 1. The maximum atomic E-state index is 12.6. The first-order chi connectivity index (χ1) is 11.9.